The molecule has 0 spiro atoms. The van der Waals surface area contributed by atoms with Crippen molar-refractivity contribution in [2.75, 3.05) is 0 Å². The molecule has 5 nitrogen and oxygen atoms in total. The highest BCUT2D eigenvalue weighted by Gasteiger charge is 2.23. The van der Waals surface area contributed by atoms with Crippen molar-refractivity contribution in [1.29, 1.82) is 0 Å². The molecule has 0 aliphatic heterocycles. The molecule has 0 aliphatic rings. The van der Waals surface area contributed by atoms with E-state index in [9.17, 15) is 9.18 Å². The van der Waals surface area contributed by atoms with Gasteiger partial charge in [0.2, 0.25) is 5.91 Å². The normalized spacial score (nSPS) is 13.5. The van der Waals surface area contributed by atoms with Crippen LogP contribution in [0.5, 0.6) is 0 Å². The molecule has 1 heterocycles. The van der Waals surface area contributed by atoms with Gasteiger partial charge in [-0.05, 0) is 61.4 Å². The van der Waals surface area contributed by atoms with E-state index in [2.05, 4.69) is 43.2 Å². The molecule has 2 aromatic carbocycles. The average molecular weight is 483 g/mol. The van der Waals surface area contributed by atoms with Crippen molar-refractivity contribution in [3.63, 3.8) is 0 Å². The van der Waals surface area contributed by atoms with Gasteiger partial charge in [-0.3, -0.25) is 9.36 Å². The molecule has 0 saturated heterocycles. The van der Waals surface area contributed by atoms with Crippen LogP contribution >= 0.6 is 11.8 Å². The van der Waals surface area contributed by atoms with E-state index < -0.39 is 0 Å². The summed E-state index contributed by atoms with van der Waals surface area (Å²) in [6, 6.07) is 14.3. The third-order valence-electron chi connectivity index (χ3n) is 5.49. The molecular weight excluding hydrogens is 447 g/mol. The number of nitrogens with zero attached hydrogens (tertiary/aromatic N) is 3. The first-order chi connectivity index (χ1) is 16.0. The smallest absolute Gasteiger partial charge is 0.220 e. The van der Waals surface area contributed by atoms with Gasteiger partial charge in [0, 0.05) is 17.9 Å². The third-order valence-corrected chi connectivity index (χ3v) is 6.49. The lowest BCUT2D eigenvalue weighted by Gasteiger charge is -2.23. The minimum atomic E-state index is -0.302. The number of hydrogen-bond donors (Lipinski definition) is 1. The van der Waals surface area contributed by atoms with Gasteiger partial charge in [-0.25, -0.2) is 4.39 Å². The molecule has 0 aliphatic carbocycles. The number of aromatic nitrogens is 3. The van der Waals surface area contributed by atoms with Gasteiger partial charge in [0.15, 0.2) is 11.0 Å². The second-order valence-corrected chi connectivity index (χ2v) is 11.2. The van der Waals surface area contributed by atoms with Crippen LogP contribution in [0.25, 0.3) is 5.69 Å². The molecule has 0 radical (unpaired) electrons. The van der Waals surface area contributed by atoms with Crippen molar-refractivity contribution >= 4 is 17.7 Å². The molecule has 3 aromatic rings. The number of halogens is 1. The van der Waals surface area contributed by atoms with Crippen LogP contribution in [0.1, 0.15) is 70.5 Å². The van der Waals surface area contributed by atoms with Crippen LogP contribution in [0.4, 0.5) is 4.39 Å². The number of thioether (sulfide) groups is 1. The van der Waals surface area contributed by atoms with E-state index in [1.165, 1.54) is 23.9 Å². The van der Waals surface area contributed by atoms with E-state index in [-0.39, 0.29) is 23.2 Å². The summed E-state index contributed by atoms with van der Waals surface area (Å²) in [6.45, 7) is 12.7. The fourth-order valence-corrected chi connectivity index (χ4v) is 5.03. The molecule has 7 heteroatoms. The van der Waals surface area contributed by atoms with Gasteiger partial charge in [-0.15, -0.1) is 10.2 Å². The van der Waals surface area contributed by atoms with E-state index in [0.717, 1.165) is 28.4 Å². The summed E-state index contributed by atoms with van der Waals surface area (Å²) in [5.74, 6) is 1.38. The van der Waals surface area contributed by atoms with Crippen molar-refractivity contribution < 1.29 is 9.18 Å². The van der Waals surface area contributed by atoms with Gasteiger partial charge < -0.3 is 5.32 Å². The third kappa shape index (κ3) is 7.42. The molecule has 0 saturated carbocycles. The van der Waals surface area contributed by atoms with Crippen LogP contribution < -0.4 is 5.32 Å². The van der Waals surface area contributed by atoms with Crippen LogP contribution in [-0.4, -0.2) is 20.7 Å². The zero-order valence-electron chi connectivity index (χ0n) is 20.9. The van der Waals surface area contributed by atoms with Crippen molar-refractivity contribution in [3.8, 4) is 5.69 Å². The fourth-order valence-electron chi connectivity index (χ4n) is 4.12. The Labute approximate surface area is 206 Å². The first kappa shape index (κ1) is 25.9. The van der Waals surface area contributed by atoms with Gasteiger partial charge in [0.25, 0.3) is 0 Å². The Morgan fingerprint density at radius 2 is 1.71 bits per heavy atom. The molecule has 182 valence electrons. The molecular formula is C27H35FN4OS. The highest BCUT2D eigenvalue weighted by Crippen LogP contribution is 2.29. The van der Waals surface area contributed by atoms with Crippen molar-refractivity contribution in [2.24, 2.45) is 11.3 Å². The topological polar surface area (TPSA) is 59.8 Å². The second-order valence-electron chi connectivity index (χ2n) is 10.3. The summed E-state index contributed by atoms with van der Waals surface area (Å²) < 4.78 is 15.3. The molecule has 0 bridgehead atoms. The molecule has 0 fully saturated rings. The lowest BCUT2D eigenvalue weighted by Crippen LogP contribution is -2.30. The lowest BCUT2D eigenvalue weighted by atomic mass is 9.84. The zero-order chi connectivity index (χ0) is 24.9. The first-order valence-electron chi connectivity index (χ1n) is 11.7. The van der Waals surface area contributed by atoms with Crippen LogP contribution in [0.3, 0.4) is 0 Å². The van der Waals surface area contributed by atoms with Gasteiger partial charge in [-0.2, -0.15) is 0 Å². The molecule has 34 heavy (non-hydrogen) atoms. The van der Waals surface area contributed by atoms with E-state index >= 15 is 0 Å². The van der Waals surface area contributed by atoms with Crippen molar-refractivity contribution in [2.45, 2.75) is 71.3 Å². The summed E-state index contributed by atoms with van der Waals surface area (Å²) in [6.07, 6.45) is 1.46. The molecule has 1 N–H and O–H groups in total. The number of rotatable bonds is 9. The fraction of sp³-hybridized carbons (Fsp3) is 0.444. The monoisotopic (exact) mass is 482 g/mol. The number of benzene rings is 2. The first-order valence-corrected chi connectivity index (χ1v) is 12.7. The highest BCUT2D eigenvalue weighted by atomic mass is 32.2. The lowest BCUT2D eigenvalue weighted by molar-refractivity contribution is -0.122. The number of nitrogens with one attached hydrogen (secondary N) is 1. The summed E-state index contributed by atoms with van der Waals surface area (Å²) in [5, 5.41) is 12.7. The summed E-state index contributed by atoms with van der Waals surface area (Å²) >= 11 is 1.53. The Morgan fingerprint density at radius 1 is 1.06 bits per heavy atom. The standard InChI is InChI=1S/C27H35FN4OS/c1-18-7-13-23(14-8-18)32-25(20(3)29-24(33)15-19(2)16-27(4,5)6)30-31-26(32)34-17-21-9-11-22(28)12-10-21/h7-14,19-20H,15-17H2,1-6H3,(H,29,33). The number of carbonyl (C=O) groups excluding carboxylic acids is 1. The maximum Gasteiger partial charge on any atom is 0.220 e. The second kappa shape index (κ2) is 11.2. The quantitative estimate of drug-likeness (QED) is 0.347. The predicted octanol–water partition coefficient (Wildman–Crippen LogP) is 6.65. The summed E-state index contributed by atoms with van der Waals surface area (Å²) in [7, 11) is 0. The van der Waals surface area contributed by atoms with Gasteiger partial charge in [0.1, 0.15) is 5.82 Å². The molecule has 2 atom stereocenters. The van der Waals surface area contributed by atoms with Gasteiger partial charge in [-0.1, -0.05) is 69.3 Å². The van der Waals surface area contributed by atoms with Crippen LogP contribution in [0, 0.1) is 24.1 Å². The molecule has 1 amide bonds. The zero-order valence-corrected chi connectivity index (χ0v) is 21.7. The van der Waals surface area contributed by atoms with Crippen molar-refractivity contribution in [3.05, 3.63) is 71.3 Å². The number of amides is 1. The molecule has 1 aromatic heterocycles. The highest BCUT2D eigenvalue weighted by molar-refractivity contribution is 7.98. The maximum atomic E-state index is 13.3. The van der Waals surface area contributed by atoms with Crippen LogP contribution in [0.15, 0.2) is 53.7 Å². The Morgan fingerprint density at radius 3 is 2.32 bits per heavy atom. The number of hydrogen-bond acceptors (Lipinski definition) is 4. The van der Waals surface area contributed by atoms with Gasteiger partial charge in [0.05, 0.1) is 6.04 Å². The Bertz CT molecular complexity index is 1090. The van der Waals surface area contributed by atoms with Crippen LogP contribution in [-0.2, 0) is 10.5 Å². The van der Waals surface area contributed by atoms with Crippen LogP contribution in [0.2, 0.25) is 0 Å². The van der Waals surface area contributed by atoms with Gasteiger partial charge >= 0.3 is 0 Å². The predicted molar refractivity (Wildman–Crippen MR) is 136 cm³/mol. The van der Waals surface area contributed by atoms with E-state index in [1.54, 1.807) is 12.1 Å². The Balaban J connectivity index is 1.79. The molecule has 2 unspecified atom stereocenters. The summed E-state index contributed by atoms with van der Waals surface area (Å²) in [4.78, 5) is 12.8. The maximum absolute atomic E-state index is 13.3. The number of carbonyl (C=O) groups is 1. The van der Waals surface area contributed by atoms with E-state index in [0.29, 0.717) is 23.9 Å². The Hall–Kier alpha value is -2.67. The summed E-state index contributed by atoms with van der Waals surface area (Å²) in [5.41, 5.74) is 3.29. The Kier molecular flexibility index (Phi) is 8.52. The minimum absolute atomic E-state index is 0.0169. The molecule has 3 rings (SSSR count). The number of aryl methyl sites for hydroxylation is 1. The minimum Gasteiger partial charge on any atom is -0.346 e. The van der Waals surface area contributed by atoms with E-state index in [4.69, 9.17) is 0 Å². The van der Waals surface area contributed by atoms with Crippen molar-refractivity contribution in [1.82, 2.24) is 20.1 Å². The SMILES string of the molecule is Cc1ccc(-n2c(SCc3ccc(F)cc3)nnc2C(C)NC(=O)CC(C)CC(C)(C)C)cc1. The average Bonchev–Trinajstić information content (AvgIpc) is 3.16. The van der Waals surface area contributed by atoms with E-state index in [1.807, 2.05) is 42.7 Å². The largest absolute Gasteiger partial charge is 0.346 e.